The third-order valence-corrected chi connectivity index (χ3v) is 4.72. The summed E-state index contributed by atoms with van der Waals surface area (Å²) in [7, 11) is 0. The molecule has 1 N–H and O–H groups in total. The fourth-order valence-corrected chi connectivity index (χ4v) is 3.41. The van der Waals surface area contributed by atoms with E-state index in [1.54, 1.807) is 24.3 Å². The molecule has 0 saturated carbocycles. The Balaban J connectivity index is 1.84. The standard InChI is InChI=1S/C21H25NO3/c1-2-14-22-15-13-19(16-22)25-20(23)21(24,17-9-5-3-6-10-17)18-11-7-4-8-12-18/h3-12,19,24H,2,13-16H2,1H3/t19-/m0/s1. The van der Waals surface area contributed by atoms with Gasteiger partial charge in [-0.1, -0.05) is 67.6 Å². The maximum absolute atomic E-state index is 13.0. The third kappa shape index (κ3) is 3.75. The molecule has 0 aromatic heterocycles. The molecule has 1 aliphatic rings. The Bertz CT molecular complexity index is 647. The van der Waals surface area contributed by atoms with Gasteiger partial charge >= 0.3 is 5.97 Å². The van der Waals surface area contributed by atoms with Crippen LogP contribution in [0.25, 0.3) is 0 Å². The zero-order valence-corrected chi connectivity index (χ0v) is 14.6. The topological polar surface area (TPSA) is 49.8 Å². The van der Waals surface area contributed by atoms with E-state index >= 15 is 0 Å². The molecule has 1 atom stereocenters. The van der Waals surface area contributed by atoms with Crippen LogP contribution in [-0.4, -0.2) is 41.7 Å². The van der Waals surface area contributed by atoms with Gasteiger partial charge in [-0.15, -0.1) is 0 Å². The van der Waals surface area contributed by atoms with Crippen molar-refractivity contribution in [2.24, 2.45) is 0 Å². The fraction of sp³-hybridized carbons (Fsp3) is 0.381. The van der Waals surface area contributed by atoms with Gasteiger partial charge in [0.1, 0.15) is 6.10 Å². The molecule has 132 valence electrons. The first-order valence-electron chi connectivity index (χ1n) is 8.91. The molecule has 0 spiro atoms. The fourth-order valence-electron chi connectivity index (χ4n) is 3.41. The quantitative estimate of drug-likeness (QED) is 0.822. The molecule has 0 amide bonds. The lowest BCUT2D eigenvalue weighted by molar-refractivity contribution is -0.167. The molecule has 25 heavy (non-hydrogen) atoms. The first kappa shape index (κ1) is 17.6. The Morgan fingerprint density at radius 3 is 2.20 bits per heavy atom. The zero-order chi connectivity index (χ0) is 17.7. The second kappa shape index (κ2) is 7.81. The number of hydrogen-bond donors (Lipinski definition) is 1. The van der Waals surface area contributed by atoms with Gasteiger partial charge in [-0.05, 0) is 30.5 Å². The zero-order valence-electron chi connectivity index (χ0n) is 14.6. The van der Waals surface area contributed by atoms with E-state index < -0.39 is 11.6 Å². The molecule has 2 aromatic rings. The minimum absolute atomic E-state index is 0.169. The lowest BCUT2D eigenvalue weighted by Gasteiger charge is -2.28. The Kier molecular flexibility index (Phi) is 5.51. The molecular weight excluding hydrogens is 314 g/mol. The van der Waals surface area contributed by atoms with E-state index in [9.17, 15) is 9.90 Å². The molecule has 0 radical (unpaired) electrons. The van der Waals surface area contributed by atoms with Gasteiger partial charge in [-0.2, -0.15) is 0 Å². The molecule has 0 aliphatic carbocycles. The van der Waals surface area contributed by atoms with Crippen LogP contribution < -0.4 is 0 Å². The van der Waals surface area contributed by atoms with E-state index in [0.717, 1.165) is 32.5 Å². The number of esters is 1. The van der Waals surface area contributed by atoms with Crippen LogP contribution in [0.2, 0.25) is 0 Å². The van der Waals surface area contributed by atoms with E-state index in [4.69, 9.17) is 4.74 Å². The van der Waals surface area contributed by atoms with Crippen LogP contribution in [0.5, 0.6) is 0 Å². The number of carbonyl (C=O) groups is 1. The van der Waals surface area contributed by atoms with Gasteiger partial charge in [0.05, 0.1) is 0 Å². The number of ether oxygens (including phenoxy) is 1. The number of likely N-dealkylation sites (tertiary alicyclic amines) is 1. The molecule has 3 rings (SSSR count). The molecule has 4 heteroatoms. The Morgan fingerprint density at radius 2 is 1.68 bits per heavy atom. The average Bonchev–Trinajstić information content (AvgIpc) is 3.09. The van der Waals surface area contributed by atoms with Crippen molar-refractivity contribution in [1.82, 2.24) is 4.90 Å². The highest BCUT2D eigenvalue weighted by Gasteiger charge is 2.43. The van der Waals surface area contributed by atoms with Gasteiger partial charge in [0, 0.05) is 13.1 Å². The Morgan fingerprint density at radius 1 is 1.12 bits per heavy atom. The minimum Gasteiger partial charge on any atom is -0.458 e. The number of carbonyl (C=O) groups excluding carboxylic acids is 1. The predicted molar refractivity (Wildman–Crippen MR) is 97.1 cm³/mol. The SMILES string of the molecule is CCCN1CC[C@H](OC(=O)C(O)(c2ccccc2)c2ccccc2)C1. The molecule has 2 aromatic carbocycles. The maximum atomic E-state index is 13.0. The Labute approximate surface area is 149 Å². The van der Waals surface area contributed by atoms with Crippen LogP contribution in [0, 0.1) is 0 Å². The monoisotopic (exact) mass is 339 g/mol. The van der Waals surface area contributed by atoms with Gasteiger partial charge in [0.15, 0.2) is 0 Å². The summed E-state index contributed by atoms with van der Waals surface area (Å²) in [5.74, 6) is -0.603. The van der Waals surface area contributed by atoms with Crippen LogP contribution in [-0.2, 0) is 15.1 Å². The van der Waals surface area contributed by atoms with Crippen molar-refractivity contribution in [1.29, 1.82) is 0 Å². The van der Waals surface area contributed by atoms with E-state index in [1.807, 2.05) is 36.4 Å². The van der Waals surface area contributed by atoms with Crippen LogP contribution in [0.4, 0.5) is 0 Å². The number of rotatable bonds is 6. The number of hydrogen-bond acceptors (Lipinski definition) is 4. The summed E-state index contributed by atoms with van der Waals surface area (Å²) < 4.78 is 5.73. The summed E-state index contributed by atoms with van der Waals surface area (Å²) in [5, 5.41) is 11.4. The number of benzene rings is 2. The van der Waals surface area contributed by atoms with Crippen molar-refractivity contribution in [2.45, 2.75) is 31.5 Å². The molecule has 1 aliphatic heterocycles. The molecule has 1 fully saturated rings. The molecular formula is C21H25NO3. The second-order valence-electron chi connectivity index (χ2n) is 6.56. The van der Waals surface area contributed by atoms with Crippen LogP contribution in [0.15, 0.2) is 60.7 Å². The normalized spacial score (nSPS) is 18.2. The summed E-state index contributed by atoms with van der Waals surface area (Å²) in [6, 6.07) is 18.0. The van der Waals surface area contributed by atoms with E-state index in [-0.39, 0.29) is 6.10 Å². The van der Waals surface area contributed by atoms with Gasteiger partial charge in [-0.25, -0.2) is 4.79 Å². The van der Waals surface area contributed by atoms with Gasteiger partial charge in [-0.3, -0.25) is 4.90 Å². The molecule has 1 heterocycles. The van der Waals surface area contributed by atoms with Crippen molar-refractivity contribution < 1.29 is 14.6 Å². The Hall–Kier alpha value is -2.17. The summed E-state index contributed by atoms with van der Waals surface area (Å²) in [6.45, 7) is 4.82. The van der Waals surface area contributed by atoms with Gasteiger partial charge in [0.25, 0.3) is 0 Å². The molecule has 4 nitrogen and oxygen atoms in total. The first-order valence-corrected chi connectivity index (χ1v) is 8.91. The van der Waals surface area contributed by atoms with Crippen molar-refractivity contribution in [3.63, 3.8) is 0 Å². The van der Waals surface area contributed by atoms with E-state index in [2.05, 4.69) is 11.8 Å². The molecule has 1 saturated heterocycles. The highest BCUT2D eigenvalue weighted by Crippen LogP contribution is 2.32. The maximum Gasteiger partial charge on any atom is 0.348 e. The highest BCUT2D eigenvalue weighted by molar-refractivity contribution is 5.85. The largest absolute Gasteiger partial charge is 0.458 e. The summed E-state index contributed by atoms with van der Waals surface area (Å²) in [6.07, 6.45) is 1.72. The predicted octanol–water partition coefficient (Wildman–Crippen LogP) is 2.95. The van der Waals surface area contributed by atoms with E-state index in [1.165, 1.54) is 0 Å². The van der Waals surface area contributed by atoms with Crippen LogP contribution in [0.1, 0.15) is 30.9 Å². The molecule has 0 unspecified atom stereocenters. The van der Waals surface area contributed by atoms with Gasteiger partial charge in [0.2, 0.25) is 5.60 Å². The number of aliphatic hydroxyl groups is 1. The second-order valence-corrected chi connectivity index (χ2v) is 6.56. The number of nitrogens with zero attached hydrogens (tertiary/aromatic N) is 1. The lowest BCUT2D eigenvalue weighted by Crippen LogP contribution is -2.41. The molecule has 0 bridgehead atoms. The lowest BCUT2D eigenvalue weighted by atomic mass is 9.86. The van der Waals surface area contributed by atoms with E-state index in [0.29, 0.717) is 11.1 Å². The van der Waals surface area contributed by atoms with Crippen molar-refractivity contribution >= 4 is 5.97 Å². The smallest absolute Gasteiger partial charge is 0.348 e. The highest BCUT2D eigenvalue weighted by atomic mass is 16.6. The third-order valence-electron chi connectivity index (χ3n) is 4.72. The van der Waals surface area contributed by atoms with Crippen LogP contribution in [0.3, 0.4) is 0 Å². The van der Waals surface area contributed by atoms with Crippen molar-refractivity contribution in [3.05, 3.63) is 71.8 Å². The van der Waals surface area contributed by atoms with Crippen molar-refractivity contribution in [3.8, 4) is 0 Å². The summed E-state index contributed by atoms with van der Waals surface area (Å²) in [4.78, 5) is 15.3. The summed E-state index contributed by atoms with van der Waals surface area (Å²) >= 11 is 0. The van der Waals surface area contributed by atoms with Crippen LogP contribution >= 0.6 is 0 Å². The summed E-state index contributed by atoms with van der Waals surface area (Å²) in [5.41, 5.74) is -0.745. The minimum atomic E-state index is -1.79. The van der Waals surface area contributed by atoms with Gasteiger partial charge < -0.3 is 9.84 Å². The first-order chi connectivity index (χ1) is 12.1. The van der Waals surface area contributed by atoms with Crippen molar-refractivity contribution in [2.75, 3.05) is 19.6 Å². The average molecular weight is 339 g/mol.